The summed E-state index contributed by atoms with van der Waals surface area (Å²) in [6, 6.07) is 13.2. The first-order valence-electron chi connectivity index (χ1n) is 9.66. The maximum absolute atomic E-state index is 14.5. The quantitative estimate of drug-likeness (QED) is 0.363. The van der Waals surface area contributed by atoms with Crippen molar-refractivity contribution in [1.82, 2.24) is 4.98 Å². The van der Waals surface area contributed by atoms with Crippen molar-refractivity contribution in [2.75, 3.05) is 7.11 Å². The zero-order valence-corrected chi connectivity index (χ0v) is 17.0. The number of methoxy groups -OCH3 is 1. The van der Waals surface area contributed by atoms with Gasteiger partial charge in [0.05, 0.1) is 23.9 Å². The fraction of sp³-hybridized carbons (Fsp3) is 0.208. The lowest BCUT2D eigenvalue weighted by Crippen LogP contribution is -2.15. The average molecular weight is 445 g/mol. The third-order valence-electron chi connectivity index (χ3n) is 5.00. The lowest BCUT2D eigenvalue weighted by molar-refractivity contribution is -0.137. The number of halogens is 4. The SMILES string of the molecule is COC(=O)c1ccccc1CC(=O)C[C@@H](c1ccc(C(F)(F)F)cc1)c1ncccc1F. The van der Waals surface area contributed by atoms with E-state index in [1.807, 2.05) is 0 Å². The number of nitrogens with zero attached hydrogens (tertiary/aromatic N) is 1. The molecule has 166 valence electrons. The summed E-state index contributed by atoms with van der Waals surface area (Å²) < 4.78 is 58.0. The Morgan fingerprint density at radius 2 is 1.69 bits per heavy atom. The van der Waals surface area contributed by atoms with Crippen molar-refractivity contribution in [1.29, 1.82) is 0 Å². The van der Waals surface area contributed by atoms with E-state index in [4.69, 9.17) is 4.74 Å². The molecule has 0 unspecified atom stereocenters. The number of benzene rings is 2. The zero-order valence-electron chi connectivity index (χ0n) is 17.0. The van der Waals surface area contributed by atoms with Crippen molar-refractivity contribution in [3.8, 4) is 0 Å². The van der Waals surface area contributed by atoms with Gasteiger partial charge in [-0.15, -0.1) is 0 Å². The third-order valence-corrected chi connectivity index (χ3v) is 5.00. The molecule has 0 N–H and O–H groups in total. The summed E-state index contributed by atoms with van der Waals surface area (Å²) in [5.74, 6) is -2.49. The molecule has 1 aromatic heterocycles. The number of Topliss-reactive ketones (excluding diaryl/α,β-unsaturated/α-hetero) is 1. The van der Waals surface area contributed by atoms with Gasteiger partial charge < -0.3 is 4.74 Å². The molecule has 0 aliphatic rings. The summed E-state index contributed by atoms with van der Waals surface area (Å²) in [5, 5.41) is 0. The maximum Gasteiger partial charge on any atom is 0.416 e. The van der Waals surface area contributed by atoms with E-state index in [1.165, 1.54) is 43.6 Å². The van der Waals surface area contributed by atoms with Crippen LogP contribution >= 0.6 is 0 Å². The van der Waals surface area contributed by atoms with Crippen molar-refractivity contribution in [2.45, 2.75) is 24.9 Å². The van der Waals surface area contributed by atoms with Crippen LogP contribution < -0.4 is 0 Å². The molecule has 0 spiro atoms. The van der Waals surface area contributed by atoms with Crippen molar-refractivity contribution in [2.24, 2.45) is 0 Å². The molecule has 0 saturated carbocycles. The Balaban J connectivity index is 1.91. The van der Waals surface area contributed by atoms with Crippen LogP contribution in [0.4, 0.5) is 17.6 Å². The van der Waals surface area contributed by atoms with Crippen molar-refractivity contribution in [3.63, 3.8) is 0 Å². The van der Waals surface area contributed by atoms with E-state index >= 15 is 0 Å². The number of hydrogen-bond donors (Lipinski definition) is 0. The van der Waals surface area contributed by atoms with Gasteiger partial charge in [0.1, 0.15) is 11.6 Å². The van der Waals surface area contributed by atoms with E-state index in [0.29, 0.717) is 11.1 Å². The fourth-order valence-electron chi connectivity index (χ4n) is 3.43. The van der Waals surface area contributed by atoms with Gasteiger partial charge >= 0.3 is 12.1 Å². The summed E-state index contributed by atoms with van der Waals surface area (Å²) in [7, 11) is 1.23. The van der Waals surface area contributed by atoms with Crippen LogP contribution in [0.5, 0.6) is 0 Å². The maximum atomic E-state index is 14.5. The highest BCUT2D eigenvalue weighted by molar-refractivity contribution is 5.93. The highest BCUT2D eigenvalue weighted by atomic mass is 19.4. The predicted octanol–water partition coefficient (Wildman–Crippen LogP) is 5.36. The monoisotopic (exact) mass is 445 g/mol. The number of hydrogen-bond acceptors (Lipinski definition) is 4. The molecule has 2 aromatic carbocycles. The van der Waals surface area contributed by atoms with Crippen LogP contribution in [0.15, 0.2) is 66.9 Å². The van der Waals surface area contributed by atoms with Crippen LogP contribution in [0.25, 0.3) is 0 Å². The molecular weight excluding hydrogens is 426 g/mol. The number of alkyl halides is 3. The lowest BCUT2D eigenvalue weighted by atomic mass is 9.87. The number of pyridine rings is 1. The lowest BCUT2D eigenvalue weighted by Gasteiger charge is -2.18. The van der Waals surface area contributed by atoms with E-state index in [0.717, 1.165) is 12.1 Å². The highest BCUT2D eigenvalue weighted by Crippen LogP contribution is 2.33. The van der Waals surface area contributed by atoms with Crippen molar-refractivity contribution < 1.29 is 31.9 Å². The van der Waals surface area contributed by atoms with Gasteiger partial charge in [-0.25, -0.2) is 9.18 Å². The van der Waals surface area contributed by atoms with Crippen LogP contribution in [0.1, 0.15) is 45.1 Å². The fourth-order valence-corrected chi connectivity index (χ4v) is 3.43. The second kappa shape index (κ2) is 9.72. The topological polar surface area (TPSA) is 56.3 Å². The summed E-state index contributed by atoms with van der Waals surface area (Å²) in [6.45, 7) is 0. The van der Waals surface area contributed by atoms with Crippen LogP contribution in [0.3, 0.4) is 0 Å². The van der Waals surface area contributed by atoms with Crippen molar-refractivity contribution >= 4 is 11.8 Å². The number of carbonyl (C=O) groups is 2. The van der Waals surface area contributed by atoms with Gasteiger partial charge in [0.15, 0.2) is 0 Å². The summed E-state index contributed by atoms with van der Waals surface area (Å²) in [5.41, 5.74) is 0.113. The van der Waals surface area contributed by atoms with Gasteiger partial charge in [0, 0.05) is 25.0 Å². The Labute approximate surface area is 181 Å². The minimum absolute atomic E-state index is 0.0399. The second-order valence-electron chi connectivity index (χ2n) is 7.11. The van der Waals surface area contributed by atoms with E-state index in [2.05, 4.69) is 4.98 Å². The molecule has 1 heterocycles. The van der Waals surface area contributed by atoms with Crippen LogP contribution in [0, 0.1) is 5.82 Å². The zero-order chi connectivity index (χ0) is 23.3. The first kappa shape index (κ1) is 23.1. The van der Waals surface area contributed by atoms with Crippen LogP contribution in [-0.4, -0.2) is 23.8 Å². The average Bonchev–Trinajstić information content (AvgIpc) is 2.77. The molecule has 3 aromatic rings. The molecule has 8 heteroatoms. The molecule has 4 nitrogen and oxygen atoms in total. The van der Waals surface area contributed by atoms with Crippen LogP contribution in [-0.2, 0) is 22.1 Å². The molecule has 0 aliphatic heterocycles. The molecule has 0 bridgehead atoms. The minimum Gasteiger partial charge on any atom is -0.465 e. The number of rotatable bonds is 7. The predicted molar refractivity (Wildman–Crippen MR) is 109 cm³/mol. The number of carbonyl (C=O) groups excluding carboxylic acids is 2. The molecule has 0 saturated heterocycles. The van der Waals surface area contributed by atoms with Gasteiger partial charge in [-0.2, -0.15) is 13.2 Å². The molecule has 3 rings (SSSR count). The minimum atomic E-state index is -4.52. The Morgan fingerprint density at radius 3 is 2.31 bits per heavy atom. The van der Waals surface area contributed by atoms with Gasteiger partial charge in [-0.1, -0.05) is 30.3 Å². The second-order valence-corrected chi connectivity index (χ2v) is 7.11. The van der Waals surface area contributed by atoms with Crippen molar-refractivity contribution in [3.05, 3.63) is 101 Å². The Kier molecular flexibility index (Phi) is 7.02. The van der Waals surface area contributed by atoms with Gasteiger partial charge in [0.2, 0.25) is 0 Å². The number of esters is 1. The Hall–Kier alpha value is -3.55. The van der Waals surface area contributed by atoms with E-state index < -0.39 is 29.4 Å². The molecule has 1 atom stereocenters. The molecule has 0 amide bonds. The summed E-state index contributed by atoms with van der Waals surface area (Å²) in [4.78, 5) is 28.9. The normalized spacial score (nSPS) is 12.3. The van der Waals surface area contributed by atoms with E-state index in [9.17, 15) is 27.2 Å². The summed E-state index contributed by atoms with van der Waals surface area (Å²) in [6.07, 6.45) is -3.50. The van der Waals surface area contributed by atoms with Gasteiger partial charge in [-0.05, 0) is 41.5 Å². The summed E-state index contributed by atoms with van der Waals surface area (Å²) >= 11 is 0. The molecule has 32 heavy (non-hydrogen) atoms. The molecular formula is C24H19F4NO3. The first-order chi connectivity index (χ1) is 15.2. The molecule has 0 aliphatic carbocycles. The van der Waals surface area contributed by atoms with Gasteiger partial charge in [0.25, 0.3) is 0 Å². The van der Waals surface area contributed by atoms with E-state index in [1.54, 1.807) is 18.2 Å². The standard InChI is InChI=1S/C24H19F4NO3/c1-32-23(31)19-6-3-2-5-16(19)13-18(30)14-20(22-21(25)7-4-12-29-22)15-8-10-17(11-9-15)24(26,27)28/h2-12,20H,13-14H2,1H3/t20-/m0/s1. The molecule has 0 fully saturated rings. The van der Waals surface area contributed by atoms with E-state index in [-0.39, 0.29) is 29.9 Å². The number of aromatic nitrogens is 1. The third kappa shape index (κ3) is 5.38. The first-order valence-corrected chi connectivity index (χ1v) is 9.66. The number of ketones is 1. The van der Waals surface area contributed by atoms with Gasteiger partial charge in [-0.3, -0.25) is 9.78 Å². The Morgan fingerprint density at radius 1 is 1.00 bits per heavy atom. The smallest absolute Gasteiger partial charge is 0.416 e. The highest BCUT2D eigenvalue weighted by Gasteiger charge is 2.31. The number of ether oxygens (including phenoxy) is 1. The largest absolute Gasteiger partial charge is 0.465 e. The Bertz CT molecular complexity index is 1110. The van der Waals surface area contributed by atoms with Crippen LogP contribution in [0.2, 0.25) is 0 Å². The molecule has 0 radical (unpaired) electrons.